The Morgan fingerprint density at radius 1 is 1.40 bits per heavy atom. The summed E-state index contributed by atoms with van der Waals surface area (Å²) < 4.78 is 27.2. The predicted molar refractivity (Wildman–Crippen MR) is 81.3 cm³/mol. The van der Waals surface area contributed by atoms with Crippen LogP contribution in [-0.2, 0) is 10.0 Å². The molecule has 0 spiro atoms. The number of nitrogens with one attached hydrogen (secondary N) is 1. The summed E-state index contributed by atoms with van der Waals surface area (Å²) in [5.74, 6) is 0. The van der Waals surface area contributed by atoms with Gasteiger partial charge in [-0.05, 0) is 51.1 Å². The fourth-order valence-electron chi connectivity index (χ4n) is 2.41. The second-order valence-corrected chi connectivity index (χ2v) is 7.33. The zero-order valence-corrected chi connectivity index (χ0v) is 13.0. The molecule has 0 bridgehead atoms. The lowest BCUT2D eigenvalue weighted by atomic mass is 10.3. The van der Waals surface area contributed by atoms with E-state index in [2.05, 4.69) is 9.62 Å². The van der Waals surface area contributed by atoms with Gasteiger partial charge in [0.05, 0.1) is 15.6 Å². The van der Waals surface area contributed by atoms with Crippen LogP contribution in [0.15, 0.2) is 23.1 Å². The van der Waals surface area contributed by atoms with E-state index < -0.39 is 10.0 Å². The lowest BCUT2D eigenvalue weighted by molar-refractivity contribution is 0.313. The molecule has 3 N–H and O–H groups in total. The number of sulfonamides is 1. The SMILES string of the molecule is CC(CN1CCCC1)NS(=O)(=O)c1ccc(Cl)c(N)c1. The lowest BCUT2D eigenvalue weighted by Gasteiger charge is -2.21. The minimum Gasteiger partial charge on any atom is -0.397 e. The summed E-state index contributed by atoms with van der Waals surface area (Å²) in [5, 5.41) is 0.356. The fourth-order valence-corrected chi connectivity index (χ4v) is 3.80. The van der Waals surface area contributed by atoms with Gasteiger partial charge in [-0.3, -0.25) is 0 Å². The van der Waals surface area contributed by atoms with E-state index in [0.29, 0.717) is 5.02 Å². The molecule has 1 unspecified atom stereocenters. The van der Waals surface area contributed by atoms with Crippen molar-refractivity contribution < 1.29 is 8.42 Å². The molecule has 0 aromatic heterocycles. The molecule has 1 aliphatic heterocycles. The van der Waals surface area contributed by atoms with Gasteiger partial charge in [-0.2, -0.15) is 0 Å². The first-order chi connectivity index (χ1) is 9.38. The number of benzene rings is 1. The standard InChI is InChI=1S/C13H20ClN3O2S/c1-10(9-17-6-2-3-7-17)16-20(18,19)11-4-5-12(14)13(15)8-11/h4-5,8,10,16H,2-3,6-7,9,15H2,1H3. The van der Waals surface area contributed by atoms with Gasteiger partial charge in [0.1, 0.15) is 0 Å². The van der Waals surface area contributed by atoms with Crippen molar-refractivity contribution in [1.82, 2.24) is 9.62 Å². The van der Waals surface area contributed by atoms with Crippen molar-refractivity contribution in [3.8, 4) is 0 Å². The number of rotatable bonds is 5. The highest BCUT2D eigenvalue weighted by Gasteiger charge is 2.21. The molecule has 1 atom stereocenters. The first-order valence-electron chi connectivity index (χ1n) is 6.68. The number of nitrogens with zero attached hydrogens (tertiary/aromatic N) is 1. The number of hydrogen-bond acceptors (Lipinski definition) is 4. The van der Waals surface area contributed by atoms with Gasteiger partial charge in [-0.25, -0.2) is 13.1 Å². The highest BCUT2D eigenvalue weighted by molar-refractivity contribution is 7.89. The molecule has 1 fully saturated rings. The van der Waals surface area contributed by atoms with Crippen molar-refractivity contribution in [3.05, 3.63) is 23.2 Å². The van der Waals surface area contributed by atoms with E-state index in [4.69, 9.17) is 17.3 Å². The van der Waals surface area contributed by atoms with E-state index >= 15 is 0 Å². The Morgan fingerprint density at radius 2 is 2.05 bits per heavy atom. The molecule has 1 aliphatic rings. The quantitative estimate of drug-likeness (QED) is 0.810. The molecule has 0 radical (unpaired) electrons. The third-order valence-corrected chi connectivity index (χ3v) is 5.30. The second kappa shape index (κ2) is 6.30. The van der Waals surface area contributed by atoms with Gasteiger partial charge in [0.25, 0.3) is 0 Å². The zero-order valence-electron chi connectivity index (χ0n) is 11.5. The number of nitrogens with two attached hydrogens (primary N) is 1. The molecule has 1 heterocycles. The average molecular weight is 318 g/mol. The lowest BCUT2D eigenvalue weighted by Crippen LogP contribution is -2.41. The smallest absolute Gasteiger partial charge is 0.240 e. The molecule has 1 aromatic carbocycles. The van der Waals surface area contributed by atoms with Crippen LogP contribution in [0, 0.1) is 0 Å². The van der Waals surface area contributed by atoms with Crippen LogP contribution in [0.4, 0.5) is 5.69 Å². The zero-order chi connectivity index (χ0) is 14.8. The van der Waals surface area contributed by atoms with Crippen molar-refractivity contribution in [2.75, 3.05) is 25.4 Å². The maximum Gasteiger partial charge on any atom is 0.240 e. The molecule has 1 aromatic rings. The minimum absolute atomic E-state index is 0.144. The second-order valence-electron chi connectivity index (χ2n) is 5.21. The van der Waals surface area contributed by atoms with E-state index in [9.17, 15) is 8.42 Å². The average Bonchev–Trinajstić information content (AvgIpc) is 2.84. The first kappa shape index (κ1) is 15.6. The van der Waals surface area contributed by atoms with E-state index in [0.717, 1.165) is 19.6 Å². The van der Waals surface area contributed by atoms with Gasteiger partial charge in [-0.15, -0.1) is 0 Å². The van der Waals surface area contributed by atoms with Crippen LogP contribution in [0.1, 0.15) is 19.8 Å². The molecule has 0 saturated carbocycles. The van der Waals surface area contributed by atoms with Crippen LogP contribution >= 0.6 is 11.6 Å². The molecular weight excluding hydrogens is 298 g/mol. The monoisotopic (exact) mass is 317 g/mol. The van der Waals surface area contributed by atoms with Crippen LogP contribution in [0.5, 0.6) is 0 Å². The molecule has 112 valence electrons. The number of halogens is 1. The first-order valence-corrected chi connectivity index (χ1v) is 8.54. The fraction of sp³-hybridized carbons (Fsp3) is 0.538. The van der Waals surface area contributed by atoms with Gasteiger partial charge in [-0.1, -0.05) is 11.6 Å². The molecule has 20 heavy (non-hydrogen) atoms. The van der Waals surface area contributed by atoms with Gasteiger partial charge in [0.15, 0.2) is 0 Å². The third-order valence-electron chi connectivity index (χ3n) is 3.36. The summed E-state index contributed by atoms with van der Waals surface area (Å²) in [6, 6.07) is 4.20. The summed E-state index contributed by atoms with van der Waals surface area (Å²) in [7, 11) is -3.56. The Bertz CT molecular complexity index is 571. The van der Waals surface area contributed by atoms with Gasteiger partial charge >= 0.3 is 0 Å². The molecule has 0 aliphatic carbocycles. The minimum atomic E-state index is -3.56. The Morgan fingerprint density at radius 3 is 2.65 bits per heavy atom. The van der Waals surface area contributed by atoms with E-state index in [1.54, 1.807) is 0 Å². The summed E-state index contributed by atoms with van der Waals surface area (Å²) >= 11 is 5.80. The molecule has 5 nitrogen and oxygen atoms in total. The molecular formula is C13H20ClN3O2S. The molecule has 0 amide bonds. The highest BCUT2D eigenvalue weighted by atomic mass is 35.5. The van der Waals surface area contributed by atoms with Crippen molar-refractivity contribution in [1.29, 1.82) is 0 Å². The van der Waals surface area contributed by atoms with Crippen LogP contribution in [0.2, 0.25) is 5.02 Å². The van der Waals surface area contributed by atoms with Gasteiger partial charge in [0, 0.05) is 12.6 Å². The number of anilines is 1. The van der Waals surface area contributed by atoms with Crippen LogP contribution in [0.25, 0.3) is 0 Å². The Labute approximate surface area is 125 Å². The van der Waals surface area contributed by atoms with Gasteiger partial charge in [0.2, 0.25) is 10.0 Å². The molecule has 7 heteroatoms. The molecule has 1 saturated heterocycles. The maximum atomic E-state index is 12.3. The summed E-state index contributed by atoms with van der Waals surface area (Å²) in [6.45, 7) is 4.68. The van der Waals surface area contributed by atoms with Crippen LogP contribution in [0.3, 0.4) is 0 Å². The van der Waals surface area contributed by atoms with Crippen molar-refractivity contribution in [2.24, 2.45) is 0 Å². The topological polar surface area (TPSA) is 75.4 Å². The molecule has 2 rings (SSSR count). The number of nitrogen functional groups attached to an aromatic ring is 1. The Kier molecular flexibility index (Phi) is 4.90. The van der Waals surface area contributed by atoms with E-state index in [-0.39, 0.29) is 16.6 Å². The van der Waals surface area contributed by atoms with Crippen molar-refractivity contribution >= 4 is 27.3 Å². The Balaban J connectivity index is 2.03. The van der Waals surface area contributed by atoms with E-state index in [1.807, 2.05) is 6.92 Å². The third kappa shape index (κ3) is 3.85. The Hall–Kier alpha value is -0.820. The van der Waals surface area contributed by atoms with Crippen LogP contribution in [-0.4, -0.2) is 39.0 Å². The number of likely N-dealkylation sites (tertiary alicyclic amines) is 1. The predicted octanol–water partition coefficient (Wildman–Crippen LogP) is 1.68. The van der Waals surface area contributed by atoms with Crippen molar-refractivity contribution in [2.45, 2.75) is 30.7 Å². The van der Waals surface area contributed by atoms with Crippen LogP contribution < -0.4 is 10.5 Å². The van der Waals surface area contributed by atoms with Crippen molar-refractivity contribution in [3.63, 3.8) is 0 Å². The summed E-state index contributed by atoms with van der Waals surface area (Å²) in [5.41, 5.74) is 5.91. The summed E-state index contributed by atoms with van der Waals surface area (Å²) in [4.78, 5) is 2.41. The summed E-state index contributed by atoms with van der Waals surface area (Å²) in [6.07, 6.45) is 2.38. The normalized spacial score (nSPS) is 18.3. The van der Waals surface area contributed by atoms with Gasteiger partial charge < -0.3 is 10.6 Å². The highest BCUT2D eigenvalue weighted by Crippen LogP contribution is 2.22. The maximum absolute atomic E-state index is 12.3. The number of hydrogen-bond donors (Lipinski definition) is 2. The largest absolute Gasteiger partial charge is 0.397 e. The van der Waals surface area contributed by atoms with E-state index in [1.165, 1.54) is 31.0 Å².